The predicted octanol–water partition coefficient (Wildman–Crippen LogP) is 7.34. The molecule has 68 heavy (non-hydrogen) atoms. The number of ether oxygens (including phenoxy) is 4. The van der Waals surface area contributed by atoms with Crippen LogP contribution in [0.1, 0.15) is 89.4 Å². The quantitative estimate of drug-likeness (QED) is 0.0617. The fourth-order valence-electron chi connectivity index (χ4n) is 9.63. The number of rotatable bonds is 6. The van der Waals surface area contributed by atoms with Crippen molar-refractivity contribution in [3.63, 3.8) is 0 Å². The molecule has 4 aliphatic rings. The van der Waals surface area contributed by atoms with Gasteiger partial charge in [-0.2, -0.15) is 5.10 Å². The van der Waals surface area contributed by atoms with Crippen LogP contribution in [-0.4, -0.2) is 122 Å². The van der Waals surface area contributed by atoms with Gasteiger partial charge in [0.05, 0.1) is 65.1 Å². The van der Waals surface area contributed by atoms with E-state index in [1.807, 2.05) is 43.1 Å². The highest BCUT2D eigenvalue weighted by Crippen LogP contribution is 2.55. The molecule has 0 aromatic heterocycles. The Kier molecular flexibility index (Phi) is 15.9. The number of phenolic OH excluding ortho intramolecular Hbond substituents is 3. The van der Waals surface area contributed by atoms with Crippen molar-refractivity contribution in [1.82, 2.24) is 9.91 Å². The first kappa shape index (κ1) is 51.7. The third-order valence-corrected chi connectivity index (χ3v) is 13.9. The molecule has 6 N–H and O–H groups in total. The number of benzene rings is 3. The van der Waals surface area contributed by atoms with Gasteiger partial charge in [0.1, 0.15) is 23.4 Å². The number of halogens is 1. The van der Waals surface area contributed by atoms with Gasteiger partial charge in [-0.1, -0.05) is 69.7 Å². The van der Waals surface area contributed by atoms with E-state index < -0.39 is 88.8 Å². The summed E-state index contributed by atoms with van der Waals surface area (Å²) in [5, 5.41) is 68.8. The zero-order chi connectivity index (χ0) is 50.1. The molecule has 0 radical (unpaired) electrons. The van der Waals surface area contributed by atoms with E-state index in [2.05, 4.69) is 10.2 Å². The minimum absolute atomic E-state index is 0.0436. The zero-order valence-corrected chi connectivity index (χ0v) is 41.2. The molecule has 1 fully saturated rings. The smallest absolute Gasteiger partial charge is 0.312 e. The van der Waals surface area contributed by atoms with Crippen LogP contribution in [0.4, 0.5) is 5.69 Å². The van der Waals surface area contributed by atoms with Crippen molar-refractivity contribution in [2.45, 2.75) is 118 Å². The van der Waals surface area contributed by atoms with Crippen LogP contribution < -0.4 is 10.1 Å². The van der Waals surface area contributed by atoms with Gasteiger partial charge in [0.25, 0.3) is 11.7 Å². The van der Waals surface area contributed by atoms with Crippen LogP contribution in [0.2, 0.25) is 5.02 Å². The number of nitrogens with zero attached hydrogens (tertiary/aromatic N) is 3. The van der Waals surface area contributed by atoms with Gasteiger partial charge in [-0.05, 0) is 51.5 Å². The van der Waals surface area contributed by atoms with Crippen molar-refractivity contribution < 1.29 is 58.9 Å². The van der Waals surface area contributed by atoms with Gasteiger partial charge in [-0.15, -0.1) is 0 Å². The van der Waals surface area contributed by atoms with Crippen LogP contribution in [0.5, 0.6) is 23.0 Å². The lowest BCUT2D eigenvalue weighted by Gasteiger charge is -2.42. The number of hydrazone groups is 1. The first-order valence-electron chi connectivity index (χ1n) is 22.9. The minimum atomic E-state index is -2.07. The number of aliphatic hydroxyl groups excluding tert-OH is 2. The standard InChI is InChI=1S/C51H65ClN4O12/c1-25-13-12-14-26(2)50(64)54-41-36(21-53-56-27(3)22-55(23-28(56)4)24-34-15-17-35(52)18-16-34)45(61)38-39(46(41)62)44(60)32(8)48-40(38)49(63)51(10,68-48)66-20-19-37(65-11)29(5)47(67-33(9)57)31(7)43(59)30(6)42(25)58/h12-21,25,27-31,37,42-43,47,58-62H,22-24H2,1-11H3,(H,54,64)/b13-12?,20-19?,26-14?,53-21+. The summed E-state index contributed by atoms with van der Waals surface area (Å²) >= 11 is 6.12. The number of phenols is 3. The Balaban J connectivity index is 1.48. The van der Waals surface area contributed by atoms with Crippen LogP contribution in [0.25, 0.3) is 10.8 Å². The van der Waals surface area contributed by atoms with Crippen LogP contribution in [-0.2, 0) is 30.3 Å². The molecule has 17 heteroatoms. The third-order valence-electron chi connectivity index (χ3n) is 13.6. The Bertz CT molecular complexity index is 2510. The first-order chi connectivity index (χ1) is 32.0. The first-order valence-corrected chi connectivity index (χ1v) is 23.3. The lowest BCUT2D eigenvalue weighted by Crippen LogP contribution is -2.54. The number of methoxy groups -OCH3 is 1. The maximum atomic E-state index is 14.7. The molecule has 0 aliphatic carbocycles. The van der Waals surface area contributed by atoms with E-state index in [4.69, 9.17) is 35.6 Å². The number of hydrogen-bond donors (Lipinski definition) is 6. The number of ketones is 1. The summed E-state index contributed by atoms with van der Waals surface area (Å²) in [7, 11) is 1.44. The van der Waals surface area contributed by atoms with Gasteiger partial charge < -0.3 is 49.8 Å². The van der Waals surface area contributed by atoms with Crippen molar-refractivity contribution in [2.75, 3.05) is 25.5 Å². The van der Waals surface area contributed by atoms with Gasteiger partial charge >= 0.3 is 11.8 Å². The lowest BCUT2D eigenvalue weighted by molar-refractivity contribution is -0.160. The van der Waals surface area contributed by atoms with Crippen molar-refractivity contribution in [3.05, 3.63) is 87.7 Å². The Morgan fingerprint density at radius 1 is 0.926 bits per heavy atom. The number of carbonyl (C=O) groups is 3. The minimum Gasteiger partial charge on any atom is -0.507 e. The number of Topliss-reactive ketones (excluding diaryl/α,β-unsaturated/α-hetero) is 1. The zero-order valence-electron chi connectivity index (χ0n) is 40.5. The summed E-state index contributed by atoms with van der Waals surface area (Å²) < 4.78 is 23.8. The Morgan fingerprint density at radius 3 is 2.19 bits per heavy atom. The largest absolute Gasteiger partial charge is 0.507 e. The van der Waals surface area contributed by atoms with Gasteiger partial charge in [-0.25, -0.2) is 0 Å². The average molecular weight is 962 g/mol. The monoisotopic (exact) mass is 960 g/mol. The molecule has 7 rings (SSSR count). The number of aromatic hydroxyl groups is 3. The fraction of sp³-hybridized carbons (Fsp3) is 0.490. The van der Waals surface area contributed by atoms with Crippen LogP contribution in [0, 0.1) is 30.6 Å². The predicted molar refractivity (Wildman–Crippen MR) is 259 cm³/mol. The third kappa shape index (κ3) is 10.3. The average Bonchev–Trinajstić information content (AvgIpc) is 3.55. The number of nitrogens with one attached hydrogen (secondary N) is 1. The number of carbonyl (C=O) groups excluding carboxylic acids is 3. The number of esters is 1. The maximum Gasteiger partial charge on any atom is 0.312 e. The summed E-state index contributed by atoms with van der Waals surface area (Å²) in [5.74, 6) is -8.54. The Hall–Kier alpha value is -5.65. The maximum absolute atomic E-state index is 14.7. The summed E-state index contributed by atoms with van der Waals surface area (Å²) in [5.41, 5.74) is 0.664. The van der Waals surface area contributed by atoms with Crippen LogP contribution in [0.15, 0.2) is 65.5 Å². The molecule has 16 nitrogen and oxygen atoms in total. The molecular weight excluding hydrogens is 896 g/mol. The summed E-state index contributed by atoms with van der Waals surface area (Å²) in [4.78, 5) is 43.4. The highest BCUT2D eigenvalue weighted by Gasteiger charge is 2.50. The SMILES string of the molecule is COC1C=COC2(C)Oc3c(C)c(O)c4c(O)c(c(/C=N/N5C(C)CN(Cc6ccc(Cl)cc6)CC5C)c(O)c4c3C2=O)NC(=O)C(C)=CC=CC(C)C(O)C(C)C(O)C(C)C(OC(C)=O)C1C. The molecule has 1 amide bonds. The second-order valence-electron chi connectivity index (χ2n) is 18.8. The van der Waals surface area contributed by atoms with Crippen molar-refractivity contribution in [3.8, 4) is 23.0 Å². The highest BCUT2D eigenvalue weighted by molar-refractivity contribution is 6.30. The van der Waals surface area contributed by atoms with Gasteiger partial charge in [-0.3, -0.25) is 24.3 Å². The summed E-state index contributed by atoms with van der Waals surface area (Å²) in [6.45, 7) is 18.5. The van der Waals surface area contributed by atoms with E-state index in [0.29, 0.717) is 24.7 Å². The molecule has 4 heterocycles. The molecule has 3 aromatic carbocycles. The van der Waals surface area contributed by atoms with E-state index in [0.717, 1.165) is 5.56 Å². The van der Waals surface area contributed by atoms with E-state index in [9.17, 15) is 39.9 Å². The molecule has 1 saturated heterocycles. The highest BCUT2D eigenvalue weighted by atomic mass is 35.5. The normalized spacial score (nSPS) is 29.9. The second-order valence-corrected chi connectivity index (χ2v) is 19.2. The number of anilines is 1. The van der Waals surface area contributed by atoms with Gasteiger partial charge in [0.15, 0.2) is 5.75 Å². The second kappa shape index (κ2) is 20.9. The molecule has 4 aliphatic heterocycles. The molecule has 5 bridgehead atoms. The number of piperazine rings is 1. The molecule has 3 aromatic rings. The van der Waals surface area contributed by atoms with Crippen LogP contribution in [0.3, 0.4) is 0 Å². The van der Waals surface area contributed by atoms with E-state index in [1.165, 1.54) is 59.4 Å². The molecule has 0 spiro atoms. The number of allylic oxidation sites excluding steroid dienone is 2. The molecule has 11 atom stereocenters. The molecule has 368 valence electrons. The molecular formula is C51H65ClN4O12. The Labute approximate surface area is 402 Å². The van der Waals surface area contributed by atoms with Crippen molar-refractivity contribution in [1.29, 1.82) is 0 Å². The summed E-state index contributed by atoms with van der Waals surface area (Å²) in [6.07, 6.45) is 4.83. The van der Waals surface area contributed by atoms with Gasteiger partial charge in [0, 0.05) is 85.8 Å². The topological polar surface area (TPSA) is 220 Å². The van der Waals surface area contributed by atoms with Crippen molar-refractivity contribution in [2.24, 2.45) is 28.8 Å². The lowest BCUT2D eigenvalue weighted by atomic mass is 9.78. The molecule has 11 unspecified atom stereocenters. The fourth-order valence-corrected chi connectivity index (χ4v) is 9.75. The van der Waals surface area contributed by atoms with Crippen molar-refractivity contribution >= 4 is 51.9 Å². The van der Waals surface area contributed by atoms with Gasteiger partial charge in [0.2, 0.25) is 0 Å². The van der Waals surface area contributed by atoms with Crippen LogP contribution >= 0.6 is 11.6 Å². The number of aliphatic hydroxyl groups is 2. The van der Waals surface area contributed by atoms with E-state index in [-0.39, 0.29) is 56.6 Å². The van der Waals surface area contributed by atoms with E-state index in [1.54, 1.807) is 39.8 Å². The molecule has 0 saturated carbocycles. The number of fused-ring (bicyclic) bond motifs is 14. The number of hydrogen-bond acceptors (Lipinski definition) is 15. The summed E-state index contributed by atoms with van der Waals surface area (Å²) in [6, 6.07) is 7.40. The number of amides is 1. The Morgan fingerprint density at radius 2 is 1.57 bits per heavy atom. The van der Waals surface area contributed by atoms with E-state index >= 15 is 0 Å².